The standard InChI is InChI=1S/C12H16BrN3O2/c13-9-2-1-3-10(8(9)6-14)16-4-5-18-7-11(16)12(15)17/h1-3,11H,4-7,14H2,(H2,15,17). The van der Waals surface area contributed by atoms with Crippen molar-refractivity contribution in [3.8, 4) is 0 Å². The van der Waals surface area contributed by atoms with Gasteiger partial charge in [0, 0.05) is 28.8 Å². The summed E-state index contributed by atoms with van der Waals surface area (Å²) in [5, 5.41) is 0. The zero-order valence-corrected chi connectivity index (χ0v) is 11.5. The molecule has 18 heavy (non-hydrogen) atoms. The number of ether oxygens (including phenoxy) is 1. The molecule has 1 amide bonds. The van der Waals surface area contributed by atoms with Gasteiger partial charge in [0.2, 0.25) is 5.91 Å². The molecule has 0 aliphatic carbocycles. The van der Waals surface area contributed by atoms with Crippen LogP contribution in [0.15, 0.2) is 22.7 Å². The number of hydrogen-bond donors (Lipinski definition) is 2. The van der Waals surface area contributed by atoms with Gasteiger partial charge in [0.15, 0.2) is 0 Å². The predicted molar refractivity (Wildman–Crippen MR) is 73.2 cm³/mol. The third-order valence-electron chi connectivity index (χ3n) is 3.06. The van der Waals surface area contributed by atoms with Gasteiger partial charge in [-0.1, -0.05) is 22.0 Å². The average molecular weight is 314 g/mol. The van der Waals surface area contributed by atoms with E-state index in [1.165, 1.54) is 0 Å². The van der Waals surface area contributed by atoms with Gasteiger partial charge in [-0.25, -0.2) is 0 Å². The number of hydrogen-bond acceptors (Lipinski definition) is 4. The Balaban J connectivity index is 2.39. The molecule has 5 nitrogen and oxygen atoms in total. The molecular formula is C12H16BrN3O2. The van der Waals surface area contributed by atoms with E-state index in [-0.39, 0.29) is 5.91 Å². The summed E-state index contributed by atoms with van der Waals surface area (Å²) in [6.45, 7) is 1.95. The number of benzene rings is 1. The molecule has 0 saturated carbocycles. The van der Waals surface area contributed by atoms with Gasteiger partial charge in [-0.15, -0.1) is 0 Å². The molecule has 1 aliphatic heterocycles. The van der Waals surface area contributed by atoms with Crippen LogP contribution in [0.25, 0.3) is 0 Å². The summed E-state index contributed by atoms with van der Waals surface area (Å²) in [5.41, 5.74) is 13.1. The highest BCUT2D eigenvalue weighted by Gasteiger charge is 2.29. The van der Waals surface area contributed by atoms with Crippen molar-refractivity contribution in [3.63, 3.8) is 0 Å². The van der Waals surface area contributed by atoms with Gasteiger partial charge in [0.05, 0.1) is 13.2 Å². The summed E-state index contributed by atoms with van der Waals surface area (Å²) >= 11 is 3.48. The van der Waals surface area contributed by atoms with E-state index in [9.17, 15) is 4.79 Å². The van der Waals surface area contributed by atoms with Gasteiger partial charge < -0.3 is 21.1 Å². The van der Waals surface area contributed by atoms with E-state index in [4.69, 9.17) is 16.2 Å². The highest BCUT2D eigenvalue weighted by Crippen LogP contribution is 2.29. The monoisotopic (exact) mass is 313 g/mol. The normalized spacial score (nSPS) is 19.9. The van der Waals surface area contributed by atoms with Crippen LogP contribution in [0.2, 0.25) is 0 Å². The molecule has 1 unspecified atom stereocenters. The molecule has 98 valence electrons. The summed E-state index contributed by atoms with van der Waals surface area (Å²) in [4.78, 5) is 13.5. The van der Waals surface area contributed by atoms with Gasteiger partial charge in [0.25, 0.3) is 0 Å². The lowest BCUT2D eigenvalue weighted by atomic mass is 10.1. The first-order valence-electron chi connectivity index (χ1n) is 5.76. The van der Waals surface area contributed by atoms with Crippen molar-refractivity contribution in [2.45, 2.75) is 12.6 Å². The number of nitrogens with two attached hydrogens (primary N) is 2. The van der Waals surface area contributed by atoms with E-state index in [2.05, 4.69) is 15.9 Å². The minimum absolute atomic E-state index is 0.325. The Hall–Kier alpha value is -1.11. The molecule has 1 heterocycles. The fourth-order valence-corrected chi connectivity index (χ4v) is 2.66. The molecule has 1 aromatic carbocycles. The largest absolute Gasteiger partial charge is 0.377 e. The lowest BCUT2D eigenvalue weighted by molar-refractivity contribution is -0.121. The van der Waals surface area contributed by atoms with Crippen molar-refractivity contribution < 1.29 is 9.53 Å². The summed E-state index contributed by atoms with van der Waals surface area (Å²) in [6, 6.07) is 5.38. The highest BCUT2D eigenvalue weighted by molar-refractivity contribution is 9.10. The Morgan fingerprint density at radius 2 is 2.33 bits per heavy atom. The number of anilines is 1. The van der Waals surface area contributed by atoms with E-state index < -0.39 is 6.04 Å². The Bertz CT molecular complexity index is 453. The molecule has 1 fully saturated rings. The second-order valence-corrected chi connectivity index (χ2v) is 4.98. The molecule has 6 heteroatoms. The smallest absolute Gasteiger partial charge is 0.242 e. The molecule has 0 radical (unpaired) electrons. The van der Waals surface area contributed by atoms with Crippen LogP contribution >= 0.6 is 15.9 Å². The van der Waals surface area contributed by atoms with E-state index in [1.807, 2.05) is 23.1 Å². The summed E-state index contributed by atoms with van der Waals surface area (Å²) < 4.78 is 6.26. The molecule has 2 rings (SSSR count). The van der Waals surface area contributed by atoms with E-state index in [0.29, 0.717) is 26.3 Å². The molecular weight excluding hydrogens is 298 g/mol. The minimum Gasteiger partial charge on any atom is -0.377 e. The zero-order valence-electron chi connectivity index (χ0n) is 9.93. The van der Waals surface area contributed by atoms with Gasteiger partial charge >= 0.3 is 0 Å². The molecule has 4 N–H and O–H groups in total. The fraction of sp³-hybridized carbons (Fsp3) is 0.417. The van der Waals surface area contributed by atoms with Crippen LogP contribution in [-0.2, 0) is 16.1 Å². The molecule has 1 aromatic rings. The summed E-state index contributed by atoms with van der Waals surface area (Å²) in [7, 11) is 0. The number of carbonyl (C=O) groups is 1. The topological polar surface area (TPSA) is 81.6 Å². The number of rotatable bonds is 3. The second kappa shape index (κ2) is 5.69. The van der Waals surface area contributed by atoms with Gasteiger partial charge in [-0.3, -0.25) is 4.79 Å². The Morgan fingerprint density at radius 3 is 3.00 bits per heavy atom. The lowest BCUT2D eigenvalue weighted by Crippen LogP contribution is -2.53. The van der Waals surface area contributed by atoms with Crippen molar-refractivity contribution >= 4 is 27.5 Å². The van der Waals surface area contributed by atoms with Crippen molar-refractivity contribution in [3.05, 3.63) is 28.2 Å². The first kappa shape index (κ1) is 13.3. The zero-order chi connectivity index (χ0) is 13.1. The van der Waals surface area contributed by atoms with Gasteiger partial charge in [-0.05, 0) is 12.1 Å². The second-order valence-electron chi connectivity index (χ2n) is 4.13. The number of primary amides is 1. The van der Waals surface area contributed by atoms with Crippen molar-refractivity contribution in [1.29, 1.82) is 0 Å². The van der Waals surface area contributed by atoms with Gasteiger partial charge in [-0.2, -0.15) is 0 Å². The van der Waals surface area contributed by atoms with Crippen LogP contribution in [0, 0.1) is 0 Å². The number of morpholine rings is 1. The van der Waals surface area contributed by atoms with Gasteiger partial charge in [0.1, 0.15) is 6.04 Å². The molecule has 1 saturated heterocycles. The maximum atomic E-state index is 11.5. The first-order valence-corrected chi connectivity index (χ1v) is 6.55. The van der Waals surface area contributed by atoms with E-state index in [0.717, 1.165) is 15.7 Å². The third-order valence-corrected chi connectivity index (χ3v) is 3.81. The van der Waals surface area contributed by atoms with Crippen LogP contribution in [0.3, 0.4) is 0 Å². The maximum Gasteiger partial charge on any atom is 0.242 e. The van der Waals surface area contributed by atoms with Crippen molar-refractivity contribution in [1.82, 2.24) is 0 Å². The number of amides is 1. The summed E-state index contributed by atoms with van der Waals surface area (Å²) in [6.07, 6.45) is 0. The SMILES string of the molecule is NCc1c(Br)cccc1N1CCOCC1C(N)=O. The average Bonchev–Trinajstić information content (AvgIpc) is 2.38. The van der Waals surface area contributed by atoms with Crippen LogP contribution in [-0.4, -0.2) is 31.7 Å². The maximum absolute atomic E-state index is 11.5. The molecule has 1 atom stereocenters. The fourth-order valence-electron chi connectivity index (χ4n) is 2.15. The van der Waals surface area contributed by atoms with Crippen LogP contribution in [0.5, 0.6) is 0 Å². The quantitative estimate of drug-likeness (QED) is 0.856. The lowest BCUT2D eigenvalue weighted by Gasteiger charge is -2.36. The molecule has 0 spiro atoms. The van der Waals surface area contributed by atoms with E-state index >= 15 is 0 Å². The highest BCUT2D eigenvalue weighted by atomic mass is 79.9. The predicted octanol–water partition coefficient (Wildman–Crippen LogP) is 0.598. The Morgan fingerprint density at radius 1 is 1.56 bits per heavy atom. The van der Waals surface area contributed by atoms with Crippen LogP contribution < -0.4 is 16.4 Å². The Kier molecular flexibility index (Phi) is 4.21. The van der Waals surface area contributed by atoms with E-state index in [1.54, 1.807) is 0 Å². The minimum atomic E-state index is -0.432. The van der Waals surface area contributed by atoms with Crippen molar-refractivity contribution in [2.75, 3.05) is 24.7 Å². The molecule has 0 aromatic heterocycles. The third kappa shape index (κ3) is 2.50. The van der Waals surface area contributed by atoms with Crippen LogP contribution in [0.4, 0.5) is 5.69 Å². The molecule has 0 bridgehead atoms. The van der Waals surface area contributed by atoms with Crippen molar-refractivity contribution in [2.24, 2.45) is 11.5 Å². The first-order chi connectivity index (χ1) is 8.65. The summed E-state index contributed by atoms with van der Waals surface area (Å²) in [5.74, 6) is -0.377. The number of nitrogens with zero attached hydrogens (tertiary/aromatic N) is 1. The number of halogens is 1. The molecule has 1 aliphatic rings. The Labute approximate surface area is 114 Å². The number of carbonyl (C=O) groups excluding carboxylic acids is 1. The van der Waals surface area contributed by atoms with Crippen LogP contribution in [0.1, 0.15) is 5.56 Å².